The molecular formula is C11H14N4OS. The molecule has 1 aromatic rings. The van der Waals surface area contributed by atoms with Crippen LogP contribution in [-0.2, 0) is 4.79 Å². The van der Waals surface area contributed by atoms with Crippen LogP contribution in [0.1, 0.15) is 18.5 Å². The molecule has 4 N–H and O–H groups in total. The summed E-state index contributed by atoms with van der Waals surface area (Å²) < 4.78 is 0. The molecule has 0 unspecified atom stereocenters. The van der Waals surface area contributed by atoms with Gasteiger partial charge in [0, 0.05) is 12.2 Å². The van der Waals surface area contributed by atoms with Crippen LogP contribution in [0.15, 0.2) is 18.3 Å². The number of hydrogen-bond acceptors (Lipinski definition) is 4. The van der Waals surface area contributed by atoms with Crippen LogP contribution in [0, 0.1) is 0 Å². The largest absolute Gasteiger partial charge is 0.388 e. The van der Waals surface area contributed by atoms with Gasteiger partial charge < -0.3 is 16.4 Å². The van der Waals surface area contributed by atoms with Gasteiger partial charge in [-0.1, -0.05) is 12.2 Å². The summed E-state index contributed by atoms with van der Waals surface area (Å²) in [6, 6.07) is 3.93. The van der Waals surface area contributed by atoms with Crippen molar-refractivity contribution in [2.45, 2.75) is 18.9 Å². The van der Waals surface area contributed by atoms with E-state index in [9.17, 15) is 4.79 Å². The van der Waals surface area contributed by atoms with Gasteiger partial charge in [-0.3, -0.25) is 9.78 Å². The lowest BCUT2D eigenvalue weighted by Gasteiger charge is -2.09. The minimum absolute atomic E-state index is 0.0229. The van der Waals surface area contributed by atoms with Crippen LogP contribution in [0.3, 0.4) is 0 Å². The highest BCUT2D eigenvalue weighted by Gasteiger charge is 2.22. The minimum Gasteiger partial charge on any atom is -0.388 e. The van der Waals surface area contributed by atoms with Crippen molar-refractivity contribution in [3.63, 3.8) is 0 Å². The Kier molecular flexibility index (Phi) is 3.53. The molecule has 90 valence electrons. The van der Waals surface area contributed by atoms with Crippen molar-refractivity contribution in [3.8, 4) is 0 Å². The second kappa shape index (κ2) is 5.09. The van der Waals surface area contributed by atoms with Crippen molar-refractivity contribution in [2.75, 3.05) is 11.9 Å². The summed E-state index contributed by atoms with van der Waals surface area (Å²) in [4.78, 5) is 15.8. The van der Waals surface area contributed by atoms with Crippen LogP contribution >= 0.6 is 12.2 Å². The van der Waals surface area contributed by atoms with Crippen LogP contribution in [0.5, 0.6) is 0 Å². The third-order valence-electron chi connectivity index (χ3n) is 2.42. The van der Waals surface area contributed by atoms with Gasteiger partial charge in [0.15, 0.2) is 0 Å². The molecule has 0 spiro atoms. The molecule has 6 heteroatoms. The van der Waals surface area contributed by atoms with Crippen molar-refractivity contribution in [3.05, 3.63) is 24.0 Å². The third-order valence-corrected chi connectivity index (χ3v) is 2.62. The van der Waals surface area contributed by atoms with Gasteiger partial charge in [0.1, 0.15) is 10.7 Å². The lowest BCUT2D eigenvalue weighted by atomic mass is 10.3. The van der Waals surface area contributed by atoms with Crippen molar-refractivity contribution in [1.82, 2.24) is 10.3 Å². The summed E-state index contributed by atoms with van der Waals surface area (Å²) in [6.45, 7) is 0.206. The van der Waals surface area contributed by atoms with Gasteiger partial charge in [-0.25, -0.2) is 0 Å². The van der Waals surface area contributed by atoms with Gasteiger partial charge in [-0.15, -0.1) is 0 Å². The summed E-state index contributed by atoms with van der Waals surface area (Å²) in [7, 11) is 0. The molecule has 1 aromatic heterocycles. The number of aromatic nitrogens is 1. The Hall–Kier alpha value is -1.69. The first-order chi connectivity index (χ1) is 8.16. The number of hydrogen-bond donors (Lipinski definition) is 3. The molecular weight excluding hydrogens is 236 g/mol. The van der Waals surface area contributed by atoms with Crippen molar-refractivity contribution in [1.29, 1.82) is 0 Å². The summed E-state index contributed by atoms with van der Waals surface area (Å²) in [5.41, 5.74) is 6.74. The van der Waals surface area contributed by atoms with Crippen LogP contribution in [0.4, 0.5) is 5.69 Å². The van der Waals surface area contributed by atoms with E-state index in [1.807, 2.05) is 0 Å². The average Bonchev–Trinajstić information content (AvgIpc) is 3.10. The number of carbonyl (C=O) groups is 1. The molecule has 1 saturated carbocycles. The predicted octanol–water partition coefficient (Wildman–Crippen LogP) is 0.406. The fourth-order valence-electron chi connectivity index (χ4n) is 1.43. The van der Waals surface area contributed by atoms with Crippen LogP contribution in [-0.4, -0.2) is 28.5 Å². The highest BCUT2D eigenvalue weighted by Crippen LogP contribution is 2.18. The standard InChI is InChI=1S/C11H14N4OS/c12-11(17)10-8(2-1-5-13-10)14-6-9(16)15-7-3-4-7/h1-2,5,7,14H,3-4,6H2,(H2,12,17)(H,15,16). The smallest absolute Gasteiger partial charge is 0.239 e. The molecule has 0 radical (unpaired) electrons. The molecule has 0 saturated heterocycles. The zero-order chi connectivity index (χ0) is 12.3. The van der Waals surface area contributed by atoms with E-state index in [0.717, 1.165) is 12.8 Å². The van der Waals surface area contributed by atoms with E-state index in [1.54, 1.807) is 18.3 Å². The van der Waals surface area contributed by atoms with E-state index in [4.69, 9.17) is 18.0 Å². The lowest BCUT2D eigenvalue weighted by molar-refractivity contribution is -0.119. The number of carbonyl (C=O) groups excluding carboxylic acids is 1. The van der Waals surface area contributed by atoms with Gasteiger partial charge in [-0.2, -0.15) is 0 Å². The normalized spacial score (nSPS) is 14.1. The monoisotopic (exact) mass is 250 g/mol. The Labute approximate surface area is 105 Å². The molecule has 5 nitrogen and oxygen atoms in total. The quantitative estimate of drug-likeness (QED) is 0.659. The summed E-state index contributed by atoms with van der Waals surface area (Å²) in [5.74, 6) is -0.0229. The Morgan fingerprint density at radius 2 is 2.35 bits per heavy atom. The Balaban J connectivity index is 1.93. The van der Waals surface area contributed by atoms with Gasteiger partial charge in [0.2, 0.25) is 5.91 Å². The molecule has 0 aliphatic heterocycles. The van der Waals surface area contributed by atoms with Crippen molar-refractivity contribution >= 4 is 28.8 Å². The molecule has 1 aliphatic rings. The summed E-state index contributed by atoms with van der Waals surface area (Å²) >= 11 is 4.88. The Bertz CT molecular complexity index is 445. The second-order valence-electron chi connectivity index (χ2n) is 3.96. The summed E-state index contributed by atoms with van der Waals surface area (Å²) in [6.07, 6.45) is 3.78. The van der Waals surface area contributed by atoms with Crippen LogP contribution in [0.25, 0.3) is 0 Å². The first-order valence-corrected chi connectivity index (χ1v) is 5.85. The van der Waals surface area contributed by atoms with Gasteiger partial charge in [0.05, 0.1) is 12.2 Å². The maximum Gasteiger partial charge on any atom is 0.239 e. The minimum atomic E-state index is -0.0229. The molecule has 0 aromatic carbocycles. The molecule has 1 fully saturated rings. The first-order valence-electron chi connectivity index (χ1n) is 5.45. The molecule has 17 heavy (non-hydrogen) atoms. The van der Waals surface area contributed by atoms with Crippen molar-refractivity contribution in [2.24, 2.45) is 5.73 Å². The zero-order valence-corrected chi connectivity index (χ0v) is 10.1. The second-order valence-corrected chi connectivity index (χ2v) is 4.40. The topological polar surface area (TPSA) is 80.0 Å². The Morgan fingerprint density at radius 3 is 3.00 bits per heavy atom. The number of nitrogens with zero attached hydrogens (tertiary/aromatic N) is 1. The average molecular weight is 250 g/mol. The Morgan fingerprint density at radius 1 is 1.59 bits per heavy atom. The summed E-state index contributed by atoms with van der Waals surface area (Å²) in [5, 5.41) is 5.87. The number of thiocarbonyl (C=S) groups is 1. The van der Waals surface area contributed by atoms with Gasteiger partial charge in [-0.05, 0) is 25.0 Å². The fraction of sp³-hybridized carbons (Fsp3) is 0.364. The maximum atomic E-state index is 11.5. The van der Waals surface area contributed by atoms with Crippen LogP contribution in [0.2, 0.25) is 0 Å². The number of rotatable bonds is 5. The van der Waals surface area contributed by atoms with Crippen LogP contribution < -0.4 is 16.4 Å². The zero-order valence-electron chi connectivity index (χ0n) is 9.27. The maximum absolute atomic E-state index is 11.5. The van der Waals surface area contributed by atoms with E-state index in [0.29, 0.717) is 17.4 Å². The van der Waals surface area contributed by atoms with E-state index in [-0.39, 0.29) is 17.4 Å². The van der Waals surface area contributed by atoms with Gasteiger partial charge in [0.25, 0.3) is 0 Å². The van der Waals surface area contributed by atoms with E-state index in [2.05, 4.69) is 15.6 Å². The highest BCUT2D eigenvalue weighted by molar-refractivity contribution is 7.80. The van der Waals surface area contributed by atoms with E-state index < -0.39 is 0 Å². The molecule has 1 heterocycles. The van der Waals surface area contributed by atoms with E-state index >= 15 is 0 Å². The molecule has 1 aliphatic carbocycles. The molecule has 2 rings (SSSR count). The van der Waals surface area contributed by atoms with E-state index in [1.165, 1.54) is 0 Å². The number of amides is 1. The van der Waals surface area contributed by atoms with Crippen molar-refractivity contribution < 1.29 is 4.79 Å². The third kappa shape index (κ3) is 3.39. The SMILES string of the molecule is NC(=S)c1ncccc1NCC(=O)NC1CC1. The van der Waals surface area contributed by atoms with Gasteiger partial charge >= 0.3 is 0 Å². The molecule has 1 amide bonds. The first kappa shape index (κ1) is 11.8. The number of anilines is 1. The lowest BCUT2D eigenvalue weighted by Crippen LogP contribution is -2.31. The molecule has 0 atom stereocenters. The molecule has 0 bridgehead atoms. The number of nitrogens with one attached hydrogen (secondary N) is 2. The fourth-order valence-corrected chi connectivity index (χ4v) is 1.59. The number of pyridine rings is 1. The highest BCUT2D eigenvalue weighted by atomic mass is 32.1. The number of nitrogens with two attached hydrogens (primary N) is 1. The predicted molar refractivity (Wildman–Crippen MR) is 69.8 cm³/mol.